The molecule has 24 heavy (non-hydrogen) atoms. The molecule has 0 bridgehead atoms. The zero-order chi connectivity index (χ0) is 16.4. The fraction of sp³-hybridized carbons (Fsp3) is 0.412. The summed E-state index contributed by atoms with van der Waals surface area (Å²) in [5.74, 6) is 0.356. The summed E-state index contributed by atoms with van der Waals surface area (Å²) in [5.41, 5.74) is 2.26. The molecule has 1 aromatic carbocycles. The van der Waals surface area contributed by atoms with E-state index in [0.29, 0.717) is 6.54 Å². The highest BCUT2D eigenvalue weighted by atomic mass is 79.9. The van der Waals surface area contributed by atoms with E-state index < -0.39 is 0 Å². The molecule has 1 fully saturated rings. The molecule has 2 heterocycles. The second-order valence-corrected chi connectivity index (χ2v) is 7.06. The van der Waals surface area contributed by atoms with Crippen LogP contribution in [0.4, 0.5) is 0 Å². The number of carbonyl (C=O) groups is 1. The van der Waals surface area contributed by atoms with Crippen LogP contribution in [-0.2, 0) is 18.4 Å². The van der Waals surface area contributed by atoms with Crippen LogP contribution in [0.2, 0.25) is 0 Å². The first-order valence-electron chi connectivity index (χ1n) is 7.73. The van der Waals surface area contributed by atoms with Crippen LogP contribution in [-0.4, -0.2) is 40.7 Å². The van der Waals surface area contributed by atoms with Crippen LogP contribution in [0.5, 0.6) is 0 Å². The molecule has 1 N–H and O–H groups in total. The lowest BCUT2D eigenvalue weighted by Gasteiger charge is -2.24. The number of aromatic nitrogens is 2. The number of nitrogens with one attached hydrogen (secondary N) is 1. The monoisotopic (exact) mass is 412 g/mol. The Balaban J connectivity index is 0.00000208. The van der Waals surface area contributed by atoms with Crippen LogP contribution in [0.1, 0.15) is 17.0 Å². The number of aryl methyl sites for hydroxylation is 1. The van der Waals surface area contributed by atoms with E-state index in [1.807, 2.05) is 55.7 Å². The highest BCUT2D eigenvalue weighted by Crippen LogP contribution is 2.29. The van der Waals surface area contributed by atoms with Crippen molar-refractivity contribution in [3.63, 3.8) is 0 Å². The van der Waals surface area contributed by atoms with E-state index in [1.54, 1.807) is 4.68 Å². The zero-order valence-electron chi connectivity index (χ0n) is 13.8. The van der Waals surface area contributed by atoms with Crippen molar-refractivity contribution >= 4 is 34.2 Å². The Morgan fingerprint density at radius 1 is 1.38 bits per heavy atom. The van der Waals surface area contributed by atoms with E-state index in [-0.39, 0.29) is 30.2 Å². The minimum absolute atomic E-state index is 0. The molecule has 2 atom stereocenters. The van der Waals surface area contributed by atoms with Gasteiger partial charge in [-0.3, -0.25) is 9.48 Å². The first kappa shape index (κ1) is 19.0. The lowest BCUT2D eigenvalue weighted by atomic mass is 9.90. The summed E-state index contributed by atoms with van der Waals surface area (Å²) in [6.45, 7) is 2.18. The van der Waals surface area contributed by atoms with E-state index in [0.717, 1.165) is 28.7 Å². The molecule has 1 saturated heterocycles. The zero-order valence-corrected chi connectivity index (χ0v) is 16.2. The first-order valence-corrected chi connectivity index (χ1v) is 8.52. The van der Waals surface area contributed by atoms with Gasteiger partial charge in [0.15, 0.2) is 0 Å². The molecule has 0 unspecified atom stereocenters. The molecule has 130 valence electrons. The van der Waals surface area contributed by atoms with Gasteiger partial charge in [-0.2, -0.15) is 5.10 Å². The highest BCUT2D eigenvalue weighted by Gasteiger charge is 2.36. The standard InChI is InChI=1S/C17H21BrN4O.ClH/c1-21(10-12-3-5-14(18)6-4-12)17(23)16-9-19-8-15(16)13-7-20-22(2)11-13;/h3-7,11,15-16,19H,8-10H2,1-2H3;1H/t15-,16+;/m1./s1. The Morgan fingerprint density at radius 3 is 2.71 bits per heavy atom. The van der Waals surface area contributed by atoms with E-state index in [1.165, 1.54) is 0 Å². The summed E-state index contributed by atoms with van der Waals surface area (Å²) in [4.78, 5) is 14.7. The molecule has 5 nitrogen and oxygen atoms in total. The van der Waals surface area contributed by atoms with Crippen molar-refractivity contribution in [1.29, 1.82) is 0 Å². The molecule has 0 saturated carbocycles. The molecular formula is C17H22BrClN4O. The Labute approximate surface area is 157 Å². The van der Waals surface area contributed by atoms with Gasteiger partial charge in [0.25, 0.3) is 0 Å². The predicted octanol–water partition coefficient (Wildman–Crippen LogP) is 2.57. The highest BCUT2D eigenvalue weighted by molar-refractivity contribution is 9.10. The van der Waals surface area contributed by atoms with Crippen molar-refractivity contribution in [1.82, 2.24) is 20.0 Å². The third-order valence-electron chi connectivity index (χ3n) is 4.39. The summed E-state index contributed by atoms with van der Waals surface area (Å²) < 4.78 is 2.84. The Kier molecular flexibility index (Phi) is 6.43. The summed E-state index contributed by atoms with van der Waals surface area (Å²) in [7, 11) is 3.78. The van der Waals surface area contributed by atoms with E-state index in [2.05, 4.69) is 26.3 Å². The molecule has 1 aliphatic heterocycles. The van der Waals surface area contributed by atoms with Crippen LogP contribution < -0.4 is 5.32 Å². The number of carbonyl (C=O) groups excluding carboxylic acids is 1. The SMILES string of the molecule is CN(Cc1ccc(Br)cc1)C(=O)[C@H]1CNC[C@@H]1c1cnn(C)c1.Cl. The molecule has 2 aromatic rings. The molecule has 1 amide bonds. The second kappa shape index (κ2) is 8.14. The maximum Gasteiger partial charge on any atom is 0.227 e. The molecule has 3 rings (SSSR count). The van der Waals surface area contributed by atoms with Gasteiger partial charge >= 0.3 is 0 Å². The molecule has 1 aliphatic rings. The van der Waals surface area contributed by atoms with Crippen LogP contribution in [0, 0.1) is 5.92 Å². The maximum absolute atomic E-state index is 12.9. The Morgan fingerprint density at radius 2 is 2.08 bits per heavy atom. The van der Waals surface area contributed by atoms with Crippen LogP contribution >= 0.6 is 28.3 Å². The summed E-state index contributed by atoms with van der Waals surface area (Å²) in [6, 6.07) is 8.09. The van der Waals surface area contributed by atoms with Gasteiger partial charge < -0.3 is 10.2 Å². The van der Waals surface area contributed by atoms with Gasteiger partial charge in [-0.1, -0.05) is 28.1 Å². The van der Waals surface area contributed by atoms with E-state index >= 15 is 0 Å². The lowest BCUT2D eigenvalue weighted by molar-refractivity contribution is -0.134. The fourth-order valence-corrected chi connectivity index (χ4v) is 3.41. The number of rotatable bonds is 4. The van der Waals surface area contributed by atoms with Gasteiger partial charge in [-0.25, -0.2) is 0 Å². The molecule has 0 spiro atoms. The van der Waals surface area contributed by atoms with Crippen molar-refractivity contribution in [3.8, 4) is 0 Å². The molecule has 7 heteroatoms. The Hall–Kier alpha value is -1.37. The molecule has 0 aliphatic carbocycles. The van der Waals surface area contributed by atoms with Gasteiger partial charge in [0.1, 0.15) is 0 Å². The van der Waals surface area contributed by atoms with Crippen molar-refractivity contribution < 1.29 is 4.79 Å². The fourth-order valence-electron chi connectivity index (χ4n) is 3.14. The summed E-state index contributed by atoms with van der Waals surface area (Å²) >= 11 is 3.43. The molecular weight excluding hydrogens is 392 g/mol. The second-order valence-electron chi connectivity index (χ2n) is 6.14. The largest absolute Gasteiger partial charge is 0.341 e. The average Bonchev–Trinajstić information content (AvgIpc) is 3.17. The number of hydrogen-bond donors (Lipinski definition) is 1. The van der Waals surface area contributed by atoms with Gasteiger partial charge in [0, 0.05) is 50.3 Å². The van der Waals surface area contributed by atoms with E-state index in [9.17, 15) is 4.79 Å². The van der Waals surface area contributed by atoms with Crippen LogP contribution in [0.15, 0.2) is 41.1 Å². The average molecular weight is 414 g/mol. The lowest BCUT2D eigenvalue weighted by Crippen LogP contribution is -2.35. The van der Waals surface area contributed by atoms with Gasteiger partial charge in [-0.05, 0) is 23.3 Å². The minimum atomic E-state index is -0.0281. The number of benzene rings is 1. The maximum atomic E-state index is 12.9. The van der Waals surface area contributed by atoms with Gasteiger partial charge in [-0.15, -0.1) is 12.4 Å². The first-order chi connectivity index (χ1) is 11.0. The van der Waals surface area contributed by atoms with E-state index in [4.69, 9.17) is 0 Å². The molecule has 1 aromatic heterocycles. The number of halogens is 2. The predicted molar refractivity (Wildman–Crippen MR) is 100 cm³/mol. The minimum Gasteiger partial charge on any atom is -0.341 e. The van der Waals surface area contributed by atoms with Crippen molar-refractivity contribution in [2.75, 3.05) is 20.1 Å². The van der Waals surface area contributed by atoms with Gasteiger partial charge in [0.05, 0.1) is 12.1 Å². The van der Waals surface area contributed by atoms with Crippen molar-refractivity contribution in [2.45, 2.75) is 12.5 Å². The number of amides is 1. The number of nitrogens with zero attached hydrogens (tertiary/aromatic N) is 3. The van der Waals surface area contributed by atoms with Crippen LogP contribution in [0.25, 0.3) is 0 Å². The quantitative estimate of drug-likeness (QED) is 0.838. The smallest absolute Gasteiger partial charge is 0.227 e. The summed E-state index contributed by atoms with van der Waals surface area (Å²) in [6.07, 6.45) is 3.87. The molecule has 0 radical (unpaired) electrons. The third-order valence-corrected chi connectivity index (χ3v) is 4.92. The van der Waals surface area contributed by atoms with Crippen LogP contribution in [0.3, 0.4) is 0 Å². The topological polar surface area (TPSA) is 50.2 Å². The summed E-state index contributed by atoms with van der Waals surface area (Å²) in [5, 5.41) is 7.58. The van der Waals surface area contributed by atoms with Crippen molar-refractivity contribution in [2.24, 2.45) is 13.0 Å². The number of hydrogen-bond acceptors (Lipinski definition) is 3. The van der Waals surface area contributed by atoms with Gasteiger partial charge in [0.2, 0.25) is 5.91 Å². The third kappa shape index (κ3) is 4.18. The Bertz CT molecular complexity index is 688. The normalized spacial score (nSPS) is 19.8. The van der Waals surface area contributed by atoms with Crippen molar-refractivity contribution in [3.05, 3.63) is 52.3 Å².